The average molecular weight is 327 g/mol. The first kappa shape index (κ1) is 16.6. The van der Waals surface area contributed by atoms with Crippen molar-refractivity contribution in [3.05, 3.63) is 58.8 Å². The van der Waals surface area contributed by atoms with Gasteiger partial charge < -0.3 is 14.5 Å². The quantitative estimate of drug-likeness (QED) is 0.918. The monoisotopic (exact) mass is 327 g/mol. The number of hydrogen-bond donors (Lipinski definition) is 1. The molecule has 0 aliphatic carbocycles. The molecule has 24 heavy (non-hydrogen) atoms. The van der Waals surface area contributed by atoms with Crippen molar-refractivity contribution < 1.29 is 4.79 Å². The summed E-state index contributed by atoms with van der Waals surface area (Å²) in [4.78, 5) is 29.1. The summed E-state index contributed by atoms with van der Waals surface area (Å²) in [7, 11) is 0. The lowest BCUT2D eigenvalue weighted by Gasteiger charge is -2.34. The molecule has 0 saturated carbocycles. The molecule has 1 fully saturated rings. The van der Waals surface area contributed by atoms with Crippen LogP contribution < -0.4 is 5.56 Å². The second kappa shape index (κ2) is 7.51. The highest BCUT2D eigenvalue weighted by atomic mass is 16.2. The predicted octanol–water partition coefficient (Wildman–Crippen LogP) is 2.92. The molecule has 3 rings (SSSR count). The summed E-state index contributed by atoms with van der Waals surface area (Å²) >= 11 is 0. The van der Waals surface area contributed by atoms with Crippen molar-refractivity contribution in [2.45, 2.75) is 44.6 Å². The van der Waals surface area contributed by atoms with Gasteiger partial charge in [0.05, 0.1) is 0 Å². The van der Waals surface area contributed by atoms with Crippen molar-refractivity contribution >= 4 is 5.91 Å². The fourth-order valence-electron chi connectivity index (χ4n) is 3.59. The molecule has 1 aliphatic rings. The van der Waals surface area contributed by atoms with Gasteiger partial charge in [-0.2, -0.15) is 0 Å². The third-order valence-electron chi connectivity index (χ3n) is 4.91. The van der Waals surface area contributed by atoms with Crippen LogP contribution in [0.4, 0.5) is 0 Å². The van der Waals surface area contributed by atoms with Gasteiger partial charge in [-0.15, -0.1) is 0 Å². The van der Waals surface area contributed by atoms with Gasteiger partial charge in [0.1, 0.15) is 6.04 Å². The Balaban J connectivity index is 1.65. The highest BCUT2D eigenvalue weighted by Gasteiger charge is 2.29. The molecular formula is C19H25N3O2. The van der Waals surface area contributed by atoms with E-state index in [0.29, 0.717) is 5.92 Å². The number of hydrogen-bond acceptors (Lipinski definition) is 2. The van der Waals surface area contributed by atoms with E-state index in [-0.39, 0.29) is 17.5 Å². The lowest BCUT2D eigenvalue weighted by molar-refractivity contribution is -0.136. The van der Waals surface area contributed by atoms with Crippen molar-refractivity contribution in [1.82, 2.24) is 14.5 Å². The molecular weight excluding hydrogens is 302 g/mol. The topological polar surface area (TPSA) is 58.1 Å². The van der Waals surface area contributed by atoms with E-state index in [0.717, 1.165) is 44.3 Å². The molecule has 2 aromatic heterocycles. The molecule has 128 valence electrons. The Morgan fingerprint density at radius 1 is 1.29 bits per heavy atom. The number of carbonyl (C=O) groups excluding carboxylic acids is 1. The predicted molar refractivity (Wildman–Crippen MR) is 94.0 cm³/mol. The van der Waals surface area contributed by atoms with Crippen LogP contribution in [0.15, 0.2) is 47.7 Å². The van der Waals surface area contributed by atoms with E-state index in [1.54, 1.807) is 12.3 Å². The number of rotatable bonds is 5. The van der Waals surface area contributed by atoms with E-state index in [1.807, 2.05) is 40.1 Å². The van der Waals surface area contributed by atoms with E-state index >= 15 is 0 Å². The zero-order valence-electron chi connectivity index (χ0n) is 14.1. The minimum absolute atomic E-state index is 0.0541. The first-order valence-corrected chi connectivity index (χ1v) is 8.79. The summed E-state index contributed by atoms with van der Waals surface area (Å²) in [5.41, 5.74) is 1.03. The molecule has 0 radical (unpaired) electrons. The summed E-state index contributed by atoms with van der Waals surface area (Å²) in [5.74, 6) is 0.588. The molecule has 3 heterocycles. The van der Waals surface area contributed by atoms with E-state index < -0.39 is 0 Å². The minimum atomic E-state index is -0.0962. The Hall–Kier alpha value is -2.30. The maximum Gasteiger partial charge on any atom is 0.248 e. The molecule has 1 unspecified atom stereocenters. The van der Waals surface area contributed by atoms with Crippen molar-refractivity contribution in [2.75, 3.05) is 13.1 Å². The van der Waals surface area contributed by atoms with Crippen LogP contribution in [0.2, 0.25) is 0 Å². The number of nitrogens with zero attached hydrogens (tertiary/aromatic N) is 2. The van der Waals surface area contributed by atoms with Gasteiger partial charge in [-0.05, 0) is 48.9 Å². The number of H-pyrrole nitrogens is 1. The normalized spacial score (nSPS) is 17.0. The molecule has 2 aromatic rings. The number of pyridine rings is 1. The molecule has 5 nitrogen and oxygen atoms in total. The molecule has 1 atom stereocenters. The van der Waals surface area contributed by atoms with Gasteiger partial charge in [-0.1, -0.05) is 13.3 Å². The molecule has 0 aromatic carbocycles. The van der Waals surface area contributed by atoms with Crippen molar-refractivity contribution in [3.63, 3.8) is 0 Å². The number of piperidine rings is 1. The highest BCUT2D eigenvalue weighted by Crippen LogP contribution is 2.29. The van der Waals surface area contributed by atoms with Crippen LogP contribution in [-0.4, -0.2) is 33.4 Å². The maximum atomic E-state index is 12.9. The standard InChI is InChI=1S/C19H25N3O2/c1-2-5-17(21-10-3-4-11-21)19(24)22-12-7-15(8-13-22)16-6-9-20-18(23)14-16/h3-4,6,9-11,14-15,17H,2,5,7-8,12-13H2,1H3,(H,20,23). The van der Waals surface area contributed by atoms with E-state index in [1.165, 1.54) is 0 Å². The molecule has 5 heteroatoms. The number of aromatic nitrogens is 2. The zero-order valence-corrected chi connectivity index (χ0v) is 14.1. The molecule has 1 N–H and O–H groups in total. The average Bonchev–Trinajstić information content (AvgIpc) is 3.13. The summed E-state index contributed by atoms with van der Waals surface area (Å²) < 4.78 is 2.02. The summed E-state index contributed by atoms with van der Waals surface area (Å²) in [6.07, 6.45) is 9.33. The summed E-state index contributed by atoms with van der Waals surface area (Å²) in [6.45, 7) is 3.64. The molecule has 1 saturated heterocycles. The fraction of sp³-hybridized carbons (Fsp3) is 0.474. The van der Waals surface area contributed by atoms with Gasteiger partial charge in [0.2, 0.25) is 11.5 Å². The van der Waals surface area contributed by atoms with E-state index in [9.17, 15) is 9.59 Å². The van der Waals surface area contributed by atoms with Crippen LogP contribution in [0.3, 0.4) is 0 Å². The van der Waals surface area contributed by atoms with Crippen LogP contribution in [-0.2, 0) is 4.79 Å². The van der Waals surface area contributed by atoms with E-state index in [2.05, 4.69) is 11.9 Å². The Morgan fingerprint density at radius 2 is 2.00 bits per heavy atom. The summed E-state index contributed by atoms with van der Waals surface area (Å²) in [5, 5.41) is 0. The van der Waals surface area contributed by atoms with Crippen LogP contribution in [0.1, 0.15) is 50.1 Å². The molecule has 0 spiro atoms. The number of carbonyl (C=O) groups is 1. The summed E-state index contributed by atoms with van der Waals surface area (Å²) in [6, 6.07) is 7.50. The number of aromatic amines is 1. The number of likely N-dealkylation sites (tertiary alicyclic amines) is 1. The first-order chi connectivity index (χ1) is 11.7. The minimum Gasteiger partial charge on any atom is -0.342 e. The molecule has 0 bridgehead atoms. The molecule has 1 aliphatic heterocycles. The van der Waals surface area contributed by atoms with Crippen LogP contribution in [0.25, 0.3) is 0 Å². The van der Waals surface area contributed by atoms with Gasteiger partial charge in [0.15, 0.2) is 0 Å². The largest absolute Gasteiger partial charge is 0.342 e. The Morgan fingerprint density at radius 3 is 2.62 bits per heavy atom. The molecule has 1 amide bonds. The first-order valence-electron chi connectivity index (χ1n) is 8.79. The zero-order chi connectivity index (χ0) is 16.9. The SMILES string of the molecule is CCCC(C(=O)N1CCC(c2cc[nH]c(=O)c2)CC1)n1cccc1. The second-order valence-electron chi connectivity index (χ2n) is 6.52. The van der Waals surface area contributed by atoms with Crippen LogP contribution in [0, 0.1) is 0 Å². The lowest BCUT2D eigenvalue weighted by Crippen LogP contribution is -2.42. The Labute approximate surface area is 142 Å². The smallest absolute Gasteiger partial charge is 0.248 e. The van der Waals surface area contributed by atoms with Crippen LogP contribution >= 0.6 is 0 Å². The third kappa shape index (κ3) is 3.61. The fourth-order valence-corrected chi connectivity index (χ4v) is 3.59. The second-order valence-corrected chi connectivity index (χ2v) is 6.52. The van der Waals surface area contributed by atoms with Crippen molar-refractivity contribution in [3.8, 4) is 0 Å². The third-order valence-corrected chi connectivity index (χ3v) is 4.91. The van der Waals surface area contributed by atoms with Gasteiger partial charge >= 0.3 is 0 Å². The van der Waals surface area contributed by atoms with Gasteiger partial charge in [0.25, 0.3) is 0 Å². The van der Waals surface area contributed by atoms with Crippen LogP contribution in [0.5, 0.6) is 0 Å². The van der Waals surface area contributed by atoms with E-state index in [4.69, 9.17) is 0 Å². The number of amides is 1. The van der Waals surface area contributed by atoms with Gasteiger partial charge in [-0.3, -0.25) is 9.59 Å². The van der Waals surface area contributed by atoms with Crippen molar-refractivity contribution in [2.24, 2.45) is 0 Å². The van der Waals surface area contributed by atoms with Gasteiger partial charge in [-0.25, -0.2) is 0 Å². The maximum absolute atomic E-state index is 12.9. The Bertz CT molecular complexity index is 712. The van der Waals surface area contributed by atoms with Crippen molar-refractivity contribution in [1.29, 1.82) is 0 Å². The lowest BCUT2D eigenvalue weighted by atomic mass is 9.89. The number of nitrogens with one attached hydrogen (secondary N) is 1. The Kier molecular flexibility index (Phi) is 5.18. The van der Waals surface area contributed by atoms with Gasteiger partial charge in [0, 0.05) is 37.7 Å². The highest BCUT2D eigenvalue weighted by molar-refractivity contribution is 5.80.